The Morgan fingerprint density at radius 3 is 2.81 bits per heavy atom. The molecule has 0 aliphatic rings. The maximum absolute atomic E-state index is 6.26. The summed E-state index contributed by atoms with van der Waals surface area (Å²) in [6.07, 6.45) is 4.35. The number of hydrogen-bond donors (Lipinski definition) is 1. The lowest BCUT2D eigenvalue weighted by Gasteiger charge is -2.12. The first-order chi connectivity index (χ1) is 10.2. The van der Waals surface area contributed by atoms with Crippen LogP contribution in [0.25, 0.3) is 0 Å². The van der Waals surface area contributed by atoms with Gasteiger partial charge in [-0.2, -0.15) is 0 Å². The van der Waals surface area contributed by atoms with Crippen LogP contribution in [-0.2, 0) is 12.8 Å². The first kappa shape index (κ1) is 15.8. The minimum atomic E-state index is 0.178. The van der Waals surface area contributed by atoms with Crippen molar-refractivity contribution < 1.29 is 4.74 Å². The van der Waals surface area contributed by atoms with Crippen LogP contribution >= 0.6 is 11.6 Å². The molecule has 0 spiro atoms. The van der Waals surface area contributed by atoms with Crippen molar-refractivity contribution in [1.82, 2.24) is 4.98 Å². The second kappa shape index (κ2) is 8.01. The highest BCUT2D eigenvalue weighted by molar-refractivity contribution is 6.32. The number of nitrogens with two attached hydrogens (primary N) is 1. The third-order valence-electron chi connectivity index (χ3n) is 3.36. The third kappa shape index (κ3) is 5.03. The Morgan fingerprint density at radius 2 is 2.14 bits per heavy atom. The molecule has 0 saturated carbocycles. The van der Waals surface area contributed by atoms with Gasteiger partial charge < -0.3 is 10.5 Å². The summed E-state index contributed by atoms with van der Waals surface area (Å²) in [7, 11) is 0. The Hall–Kier alpha value is -1.58. The zero-order valence-electron chi connectivity index (χ0n) is 12.3. The molecule has 1 atom stereocenters. The molecule has 2 N–H and O–H groups in total. The van der Waals surface area contributed by atoms with Gasteiger partial charge in [-0.3, -0.25) is 4.98 Å². The van der Waals surface area contributed by atoms with Gasteiger partial charge in [0.15, 0.2) is 0 Å². The number of halogens is 1. The van der Waals surface area contributed by atoms with E-state index in [0.29, 0.717) is 17.4 Å². The molecule has 0 bridgehead atoms. The predicted octanol–water partition coefficient (Wildman–Crippen LogP) is 3.64. The standard InChI is InChI=1S/C17H21ClN2O/c1-2-14(19)11-13-6-7-17(16(18)12-13)21-10-8-15-5-3-4-9-20-15/h3-7,9,12,14H,2,8,10-11,19H2,1H3. The third-order valence-corrected chi connectivity index (χ3v) is 3.66. The Bertz CT molecular complexity index is 560. The zero-order chi connectivity index (χ0) is 15.1. The second-order valence-corrected chi connectivity index (χ2v) is 5.46. The summed E-state index contributed by atoms with van der Waals surface area (Å²) in [5.74, 6) is 0.710. The van der Waals surface area contributed by atoms with Crippen molar-refractivity contribution >= 4 is 11.6 Å². The van der Waals surface area contributed by atoms with Crippen molar-refractivity contribution in [3.05, 3.63) is 58.9 Å². The average Bonchev–Trinajstić information content (AvgIpc) is 2.50. The van der Waals surface area contributed by atoms with E-state index in [1.54, 1.807) is 6.20 Å². The maximum atomic E-state index is 6.26. The summed E-state index contributed by atoms with van der Waals surface area (Å²) < 4.78 is 5.72. The van der Waals surface area contributed by atoms with Gasteiger partial charge in [-0.05, 0) is 42.7 Å². The van der Waals surface area contributed by atoms with Gasteiger partial charge in [-0.25, -0.2) is 0 Å². The molecule has 0 aliphatic heterocycles. The number of pyridine rings is 1. The molecule has 2 aromatic rings. The van der Waals surface area contributed by atoms with Gasteiger partial charge in [-0.15, -0.1) is 0 Å². The molecular formula is C17H21ClN2O. The van der Waals surface area contributed by atoms with Crippen LogP contribution < -0.4 is 10.5 Å². The van der Waals surface area contributed by atoms with Crippen molar-refractivity contribution in [3.63, 3.8) is 0 Å². The van der Waals surface area contributed by atoms with Crippen molar-refractivity contribution in [2.45, 2.75) is 32.2 Å². The van der Waals surface area contributed by atoms with Crippen LogP contribution in [-0.4, -0.2) is 17.6 Å². The molecule has 1 heterocycles. The van der Waals surface area contributed by atoms with Gasteiger partial charge in [0.2, 0.25) is 0 Å². The van der Waals surface area contributed by atoms with E-state index in [4.69, 9.17) is 22.1 Å². The minimum absolute atomic E-state index is 0.178. The highest BCUT2D eigenvalue weighted by atomic mass is 35.5. The van der Waals surface area contributed by atoms with E-state index in [9.17, 15) is 0 Å². The normalized spacial score (nSPS) is 12.1. The van der Waals surface area contributed by atoms with Crippen LogP contribution in [0.3, 0.4) is 0 Å². The Morgan fingerprint density at radius 1 is 1.29 bits per heavy atom. The Balaban J connectivity index is 1.89. The lowest BCUT2D eigenvalue weighted by molar-refractivity contribution is 0.320. The largest absolute Gasteiger partial charge is 0.492 e. The number of aromatic nitrogens is 1. The summed E-state index contributed by atoms with van der Waals surface area (Å²) in [6.45, 7) is 2.64. The fraction of sp³-hybridized carbons (Fsp3) is 0.353. The molecule has 3 nitrogen and oxygen atoms in total. The summed E-state index contributed by atoms with van der Waals surface area (Å²) in [6, 6.07) is 11.9. The summed E-state index contributed by atoms with van der Waals surface area (Å²) in [4.78, 5) is 4.26. The van der Waals surface area contributed by atoms with Crippen LogP contribution in [0.4, 0.5) is 0 Å². The van der Waals surface area contributed by atoms with Gasteiger partial charge in [0.05, 0.1) is 11.6 Å². The molecule has 1 aromatic heterocycles. The quantitative estimate of drug-likeness (QED) is 0.849. The predicted molar refractivity (Wildman–Crippen MR) is 86.9 cm³/mol. The van der Waals surface area contributed by atoms with Crippen molar-refractivity contribution in [2.75, 3.05) is 6.61 Å². The molecule has 0 aliphatic carbocycles. The molecule has 21 heavy (non-hydrogen) atoms. The number of rotatable bonds is 7. The molecule has 1 unspecified atom stereocenters. The molecule has 2 rings (SSSR count). The monoisotopic (exact) mass is 304 g/mol. The van der Waals surface area contributed by atoms with E-state index >= 15 is 0 Å². The number of benzene rings is 1. The van der Waals surface area contributed by atoms with Crippen molar-refractivity contribution in [1.29, 1.82) is 0 Å². The van der Waals surface area contributed by atoms with E-state index in [-0.39, 0.29) is 6.04 Å². The Labute approximate surface area is 131 Å². The first-order valence-corrected chi connectivity index (χ1v) is 7.63. The summed E-state index contributed by atoms with van der Waals surface area (Å²) in [5, 5.41) is 0.636. The molecule has 1 aromatic carbocycles. The van der Waals surface area contributed by atoms with E-state index in [1.807, 2.05) is 36.4 Å². The molecule has 112 valence electrons. The van der Waals surface area contributed by atoms with Gasteiger partial charge in [0.1, 0.15) is 5.75 Å². The fourth-order valence-corrected chi connectivity index (χ4v) is 2.30. The molecular weight excluding hydrogens is 284 g/mol. The summed E-state index contributed by atoms with van der Waals surface area (Å²) >= 11 is 6.26. The molecule has 0 amide bonds. The van der Waals surface area contributed by atoms with Crippen LogP contribution in [0.2, 0.25) is 5.02 Å². The first-order valence-electron chi connectivity index (χ1n) is 7.25. The maximum Gasteiger partial charge on any atom is 0.137 e. The van der Waals surface area contributed by atoms with Gasteiger partial charge in [0.25, 0.3) is 0 Å². The SMILES string of the molecule is CCC(N)Cc1ccc(OCCc2ccccn2)c(Cl)c1. The molecule has 0 saturated heterocycles. The number of hydrogen-bond acceptors (Lipinski definition) is 3. The highest BCUT2D eigenvalue weighted by Crippen LogP contribution is 2.26. The van der Waals surface area contributed by atoms with Gasteiger partial charge >= 0.3 is 0 Å². The minimum Gasteiger partial charge on any atom is -0.492 e. The van der Waals surface area contributed by atoms with Crippen molar-refractivity contribution in [3.8, 4) is 5.75 Å². The average molecular weight is 305 g/mol. The van der Waals surface area contributed by atoms with Gasteiger partial charge in [-0.1, -0.05) is 30.7 Å². The smallest absolute Gasteiger partial charge is 0.137 e. The zero-order valence-corrected chi connectivity index (χ0v) is 13.0. The second-order valence-electron chi connectivity index (χ2n) is 5.06. The van der Waals surface area contributed by atoms with Crippen LogP contribution in [0.15, 0.2) is 42.6 Å². The molecule has 0 fully saturated rings. The number of ether oxygens (including phenoxy) is 1. The van der Waals surface area contributed by atoms with E-state index < -0.39 is 0 Å². The molecule has 0 radical (unpaired) electrons. The fourth-order valence-electron chi connectivity index (χ4n) is 2.05. The lowest BCUT2D eigenvalue weighted by Crippen LogP contribution is -2.21. The number of nitrogens with zero attached hydrogens (tertiary/aromatic N) is 1. The van der Waals surface area contributed by atoms with E-state index in [0.717, 1.165) is 30.5 Å². The van der Waals surface area contributed by atoms with Crippen LogP contribution in [0.1, 0.15) is 24.6 Å². The highest BCUT2D eigenvalue weighted by Gasteiger charge is 2.06. The Kier molecular flexibility index (Phi) is 6.03. The topological polar surface area (TPSA) is 48.1 Å². The van der Waals surface area contributed by atoms with Crippen LogP contribution in [0.5, 0.6) is 5.75 Å². The van der Waals surface area contributed by atoms with Crippen molar-refractivity contribution in [2.24, 2.45) is 5.73 Å². The lowest BCUT2D eigenvalue weighted by atomic mass is 10.0. The summed E-state index contributed by atoms with van der Waals surface area (Å²) in [5.41, 5.74) is 8.11. The van der Waals surface area contributed by atoms with Gasteiger partial charge in [0, 0.05) is 24.4 Å². The molecule has 4 heteroatoms. The van der Waals surface area contributed by atoms with E-state index in [1.165, 1.54) is 0 Å². The van der Waals surface area contributed by atoms with E-state index in [2.05, 4.69) is 11.9 Å². The van der Waals surface area contributed by atoms with Crippen LogP contribution in [0, 0.1) is 0 Å².